The highest BCUT2D eigenvalue weighted by Crippen LogP contribution is 2.26. The Balaban J connectivity index is 2.24. The summed E-state index contributed by atoms with van der Waals surface area (Å²) in [4.78, 5) is 0. The van der Waals surface area contributed by atoms with Gasteiger partial charge in [0, 0.05) is 10.2 Å². The lowest BCUT2D eigenvalue weighted by molar-refractivity contribution is 1.07. The molecule has 3 nitrogen and oxygen atoms in total. The van der Waals surface area contributed by atoms with E-state index in [4.69, 9.17) is 0 Å². The molecule has 1 heterocycles. The first-order valence-electron chi connectivity index (χ1n) is 4.17. The van der Waals surface area contributed by atoms with Crippen LogP contribution in [0.5, 0.6) is 0 Å². The fourth-order valence-electron chi connectivity index (χ4n) is 1.19. The van der Waals surface area contributed by atoms with Crippen LogP contribution in [0, 0.1) is 6.92 Å². The fourth-order valence-corrected chi connectivity index (χ4v) is 2.83. The highest BCUT2D eigenvalue weighted by atomic mass is 79.9. The summed E-state index contributed by atoms with van der Waals surface area (Å²) in [5.74, 6) is 0. The Hall–Kier alpha value is -0.460. The van der Waals surface area contributed by atoms with Crippen LogP contribution in [0.25, 0.3) is 0 Å². The van der Waals surface area contributed by atoms with Gasteiger partial charge in [-0.05, 0) is 46.6 Å². The van der Waals surface area contributed by atoms with Crippen molar-refractivity contribution in [2.75, 3.05) is 5.32 Å². The molecule has 0 fully saturated rings. The van der Waals surface area contributed by atoms with Crippen LogP contribution in [0.4, 0.5) is 10.8 Å². The summed E-state index contributed by atoms with van der Waals surface area (Å²) < 4.78 is 1.82. The number of benzene rings is 1. The molecule has 0 saturated heterocycles. The van der Waals surface area contributed by atoms with Crippen LogP contribution in [0.3, 0.4) is 0 Å². The summed E-state index contributed by atoms with van der Waals surface area (Å²) in [6.45, 7) is 2.05. The van der Waals surface area contributed by atoms with Crippen molar-refractivity contribution in [3.8, 4) is 0 Å². The Labute approximate surface area is 108 Å². The van der Waals surface area contributed by atoms with Crippen molar-refractivity contribution in [2.45, 2.75) is 6.92 Å². The Kier molecular flexibility index (Phi) is 3.38. The van der Waals surface area contributed by atoms with E-state index in [0.29, 0.717) is 0 Å². The number of hydrogen-bond donors (Lipinski definition) is 1. The molecule has 0 aliphatic carbocycles. The number of aryl methyl sites for hydroxylation is 1. The molecule has 0 spiro atoms. The Morgan fingerprint density at radius 2 is 2.00 bits per heavy atom. The number of halogens is 2. The van der Waals surface area contributed by atoms with E-state index in [9.17, 15) is 0 Å². The van der Waals surface area contributed by atoms with Gasteiger partial charge in [0.05, 0.1) is 0 Å². The maximum absolute atomic E-state index is 3.97. The molecule has 0 atom stereocenters. The summed E-state index contributed by atoms with van der Waals surface area (Å²) in [5.41, 5.74) is 2.20. The van der Waals surface area contributed by atoms with Gasteiger partial charge in [0.1, 0.15) is 0 Å². The first kappa shape index (κ1) is 11.0. The van der Waals surface area contributed by atoms with Crippen LogP contribution in [0.2, 0.25) is 0 Å². The van der Waals surface area contributed by atoms with Crippen molar-refractivity contribution in [3.63, 3.8) is 0 Å². The van der Waals surface area contributed by atoms with Gasteiger partial charge >= 0.3 is 0 Å². The molecule has 2 aromatic rings. The normalized spacial score (nSPS) is 10.3. The summed E-state index contributed by atoms with van der Waals surface area (Å²) in [6.07, 6.45) is 0. The van der Waals surface area contributed by atoms with Crippen molar-refractivity contribution in [1.82, 2.24) is 10.2 Å². The monoisotopic (exact) mass is 347 g/mol. The zero-order chi connectivity index (χ0) is 10.8. The third kappa shape index (κ3) is 2.99. The molecule has 2 rings (SSSR count). The Morgan fingerprint density at radius 1 is 1.20 bits per heavy atom. The predicted molar refractivity (Wildman–Crippen MR) is 69.8 cm³/mol. The van der Waals surface area contributed by atoms with E-state index >= 15 is 0 Å². The smallest absolute Gasteiger partial charge is 0.210 e. The molecule has 0 aliphatic rings. The molecule has 0 radical (unpaired) electrons. The van der Waals surface area contributed by atoms with Crippen molar-refractivity contribution in [3.05, 3.63) is 32.2 Å². The molecule has 0 amide bonds. The summed E-state index contributed by atoms with van der Waals surface area (Å²) in [7, 11) is 0. The summed E-state index contributed by atoms with van der Waals surface area (Å²) in [5, 5.41) is 11.8. The van der Waals surface area contributed by atoms with Gasteiger partial charge in [0.15, 0.2) is 3.92 Å². The molecule has 0 unspecified atom stereocenters. The predicted octanol–water partition coefficient (Wildman–Crippen LogP) is 4.12. The first-order valence-corrected chi connectivity index (χ1v) is 6.57. The van der Waals surface area contributed by atoms with Crippen LogP contribution in [-0.4, -0.2) is 10.2 Å². The number of nitrogens with zero attached hydrogens (tertiary/aromatic N) is 2. The van der Waals surface area contributed by atoms with E-state index in [-0.39, 0.29) is 0 Å². The minimum absolute atomic E-state index is 0.775. The van der Waals surface area contributed by atoms with Crippen molar-refractivity contribution >= 4 is 54.0 Å². The molecular weight excluding hydrogens is 342 g/mol. The van der Waals surface area contributed by atoms with Gasteiger partial charge in [0.25, 0.3) is 0 Å². The highest BCUT2D eigenvalue weighted by molar-refractivity contribution is 9.11. The first-order chi connectivity index (χ1) is 7.13. The summed E-state index contributed by atoms with van der Waals surface area (Å²) in [6, 6.07) is 6.11. The lowest BCUT2D eigenvalue weighted by Gasteiger charge is -2.03. The van der Waals surface area contributed by atoms with Crippen LogP contribution < -0.4 is 5.32 Å². The van der Waals surface area contributed by atoms with Gasteiger partial charge in [-0.25, -0.2) is 0 Å². The van der Waals surface area contributed by atoms with E-state index in [0.717, 1.165) is 19.2 Å². The Bertz CT molecular complexity index is 464. The molecule has 0 bridgehead atoms. The maximum atomic E-state index is 3.97. The van der Waals surface area contributed by atoms with Crippen LogP contribution in [0.15, 0.2) is 26.6 Å². The van der Waals surface area contributed by atoms with Crippen LogP contribution in [-0.2, 0) is 0 Å². The molecular formula is C9H7Br2N3S. The zero-order valence-corrected chi connectivity index (χ0v) is 11.8. The summed E-state index contributed by atoms with van der Waals surface area (Å²) >= 11 is 8.18. The van der Waals surface area contributed by atoms with Gasteiger partial charge in [0.2, 0.25) is 5.13 Å². The van der Waals surface area contributed by atoms with Crippen molar-refractivity contribution in [1.29, 1.82) is 0 Å². The topological polar surface area (TPSA) is 37.8 Å². The van der Waals surface area contributed by atoms with Gasteiger partial charge < -0.3 is 5.32 Å². The minimum Gasteiger partial charge on any atom is -0.330 e. The second kappa shape index (κ2) is 4.59. The Morgan fingerprint density at radius 3 is 2.60 bits per heavy atom. The third-order valence-electron chi connectivity index (χ3n) is 1.69. The highest BCUT2D eigenvalue weighted by Gasteiger charge is 2.02. The van der Waals surface area contributed by atoms with E-state index in [1.54, 1.807) is 0 Å². The molecule has 6 heteroatoms. The fraction of sp³-hybridized carbons (Fsp3) is 0.111. The van der Waals surface area contributed by atoms with E-state index in [1.165, 1.54) is 16.9 Å². The standard InChI is InChI=1S/C9H7Br2N3S/c1-5-2-6(10)4-7(3-5)12-9-14-13-8(11)15-9/h2-4H,1H3,(H,12,14). The van der Waals surface area contributed by atoms with Crippen LogP contribution in [0.1, 0.15) is 5.56 Å². The zero-order valence-electron chi connectivity index (χ0n) is 7.79. The number of anilines is 2. The van der Waals surface area contributed by atoms with Gasteiger partial charge in [-0.2, -0.15) is 0 Å². The van der Waals surface area contributed by atoms with Gasteiger partial charge in [-0.1, -0.05) is 27.3 Å². The minimum atomic E-state index is 0.775. The SMILES string of the molecule is Cc1cc(Br)cc(Nc2nnc(Br)s2)c1. The maximum Gasteiger partial charge on any atom is 0.210 e. The van der Waals surface area contributed by atoms with E-state index < -0.39 is 0 Å². The second-order valence-electron chi connectivity index (χ2n) is 3.00. The van der Waals surface area contributed by atoms with Crippen molar-refractivity contribution < 1.29 is 0 Å². The van der Waals surface area contributed by atoms with Crippen LogP contribution >= 0.6 is 43.2 Å². The number of rotatable bonds is 2. The second-order valence-corrected chi connectivity index (χ2v) is 6.17. The van der Waals surface area contributed by atoms with E-state index in [2.05, 4.69) is 59.5 Å². The molecule has 0 aliphatic heterocycles. The lowest BCUT2D eigenvalue weighted by atomic mass is 10.2. The lowest BCUT2D eigenvalue weighted by Crippen LogP contribution is -1.90. The number of nitrogens with one attached hydrogen (secondary N) is 1. The molecule has 1 aromatic heterocycles. The molecule has 78 valence electrons. The molecule has 1 aromatic carbocycles. The molecule has 1 N–H and O–H groups in total. The van der Waals surface area contributed by atoms with Gasteiger partial charge in [-0.3, -0.25) is 0 Å². The van der Waals surface area contributed by atoms with E-state index in [1.807, 2.05) is 13.0 Å². The largest absolute Gasteiger partial charge is 0.330 e. The average molecular weight is 349 g/mol. The average Bonchev–Trinajstić information content (AvgIpc) is 2.49. The number of hydrogen-bond acceptors (Lipinski definition) is 4. The number of aromatic nitrogens is 2. The molecule has 15 heavy (non-hydrogen) atoms. The van der Waals surface area contributed by atoms with Gasteiger partial charge in [-0.15, -0.1) is 10.2 Å². The van der Waals surface area contributed by atoms with Crippen molar-refractivity contribution in [2.24, 2.45) is 0 Å². The molecule has 0 saturated carbocycles. The quantitative estimate of drug-likeness (QED) is 0.887. The third-order valence-corrected chi connectivity index (χ3v) is 3.42.